The van der Waals surface area contributed by atoms with E-state index in [4.69, 9.17) is 5.73 Å². The van der Waals surface area contributed by atoms with Crippen LogP contribution in [0.25, 0.3) is 0 Å². The van der Waals surface area contributed by atoms with Crippen molar-refractivity contribution in [3.8, 4) is 0 Å². The Bertz CT molecular complexity index is 668. The summed E-state index contributed by atoms with van der Waals surface area (Å²) in [4.78, 5) is 32.3. The molecule has 0 atom stereocenters. The molecule has 1 fully saturated rings. The molecule has 2 amide bonds. The summed E-state index contributed by atoms with van der Waals surface area (Å²) in [5.41, 5.74) is 6.69. The van der Waals surface area contributed by atoms with Crippen molar-refractivity contribution in [1.82, 2.24) is 14.8 Å². The van der Waals surface area contributed by atoms with Crippen molar-refractivity contribution in [2.24, 2.45) is 0 Å². The minimum atomic E-state index is -0.113. The topological polar surface area (TPSA) is 79.5 Å². The minimum Gasteiger partial charge on any atom is -0.375 e. The van der Waals surface area contributed by atoms with Crippen molar-refractivity contribution in [1.29, 1.82) is 0 Å². The van der Waals surface area contributed by atoms with Crippen LogP contribution >= 0.6 is 22.7 Å². The normalized spacial score (nSPS) is 15.6. The lowest BCUT2D eigenvalue weighted by molar-refractivity contribution is 0.0716. The Labute approximate surface area is 136 Å². The van der Waals surface area contributed by atoms with E-state index in [9.17, 15) is 9.59 Å². The fourth-order valence-electron chi connectivity index (χ4n) is 2.44. The summed E-state index contributed by atoms with van der Waals surface area (Å²) < 4.78 is 0. The number of thiazole rings is 1. The van der Waals surface area contributed by atoms with Gasteiger partial charge in [-0.25, -0.2) is 4.98 Å². The van der Waals surface area contributed by atoms with Crippen LogP contribution in [0.3, 0.4) is 0 Å². The Morgan fingerprint density at radius 2 is 1.82 bits per heavy atom. The van der Waals surface area contributed by atoms with E-state index >= 15 is 0 Å². The van der Waals surface area contributed by atoms with E-state index in [1.807, 2.05) is 21.7 Å². The Balaban J connectivity index is 1.65. The third kappa shape index (κ3) is 3.12. The van der Waals surface area contributed by atoms with Crippen LogP contribution in [0.5, 0.6) is 0 Å². The number of nitrogens with two attached hydrogens (primary N) is 1. The standard InChI is InChI=1S/C14H16N4O2S2/c15-14-16-11(9-22-14)13(20)18-4-1-3-17(5-6-18)12(19)10-2-7-21-8-10/h2,7-9H,1,3-6H2,(H2,15,16). The quantitative estimate of drug-likeness (QED) is 0.906. The van der Waals surface area contributed by atoms with Gasteiger partial charge in [-0.15, -0.1) is 11.3 Å². The average molecular weight is 336 g/mol. The molecule has 1 saturated heterocycles. The van der Waals surface area contributed by atoms with Gasteiger partial charge in [0, 0.05) is 36.9 Å². The first kappa shape index (κ1) is 15.0. The van der Waals surface area contributed by atoms with Crippen LogP contribution in [-0.4, -0.2) is 52.8 Å². The van der Waals surface area contributed by atoms with Crippen molar-refractivity contribution in [2.45, 2.75) is 6.42 Å². The van der Waals surface area contributed by atoms with E-state index in [-0.39, 0.29) is 11.8 Å². The lowest BCUT2D eigenvalue weighted by Crippen LogP contribution is -2.37. The van der Waals surface area contributed by atoms with Crippen molar-refractivity contribution in [3.05, 3.63) is 33.5 Å². The minimum absolute atomic E-state index is 0.0356. The molecule has 6 nitrogen and oxygen atoms in total. The van der Waals surface area contributed by atoms with E-state index < -0.39 is 0 Å². The number of amides is 2. The molecule has 2 N–H and O–H groups in total. The van der Waals surface area contributed by atoms with Crippen LogP contribution in [0.4, 0.5) is 5.13 Å². The maximum Gasteiger partial charge on any atom is 0.273 e. The zero-order valence-electron chi connectivity index (χ0n) is 11.9. The Morgan fingerprint density at radius 3 is 2.41 bits per heavy atom. The molecule has 2 aromatic heterocycles. The third-order valence-corrected chi connectivity index (χ3v) is 4.94. The maximum atomic E-state index is 12.4. The van der Waals surface area contributed by atoms with Crippen LogP contribution in [0.2, 0.25) is 0 Å². The number of rotatable bonds is 2. The maximum absolute atomic E-state index is 12.4. The molecule has 1 aliphatic heterocycles. The predicted molar refractivity (Wildman–Crippen MR) is 87.3 cm³/mol. The molecule has 8 heteroatoms. The lowest BCUT2D eigenvalue weighted by Gasteiger charge is -2.21. The SMILES string of the molecule is Nc1nc(C(=O)N2CCCN(C(=O)c3ccsc3)CC2)cs1. The first-order valence-electron chi connectivity index (χ1n) is 6.97. The van der Waals surface area contributed by atoms with E-state index in [0.29, 0.717) is 37.0 Å². The summed E-state index contributed by atoms with van der Waals surface area (Å²) in [6, 6.07) is 1.83. The number of nitrogen functional groups attached to an aromatic ring is 1. The van der Waals surface area contributed by atoms with Crippen molar-refractivity contribution in [2.75, 3.05) is 31.9 Å². The molecule has 1 aliphatic rings. The molecule has 3 rings (SSSR count). The fourth-order valence-corrected chi connectivity index (χ4v) is 3.61. The molecule has 0 unspecified atom stereocenters. The van der Waals surface area contributed by atoms with Gasteiger partial charge in [0.25, 0.3) is 11.8 Å². The van der Waals surface area contributed by atoms with Gasteiger partial charge in [-0.3, -0.25) is 9.59 Å². The van der Waals surface area contributed by atoms with Gasteiger partial charge in [0.2, 0.25) is 0 Å². The monoisotopic (exact) mass is 336 g/mol. The van der Waals surface area contributed by atoms with Gasteiger partial charge in [-0.1, -0.05) is 0 Å². The predicted octanol–water partition coefficient (Wildman–Crippen LogP) is 1.78. The smallest absolute Gasteiger partial charge is 0.273 e. The van der Waals surface area contributed by atoms with Crippen LogP contribution in [0.15, 0.2) is 22.2 Å². The summed E-state index contributed by atoms with van der Waals surface area (Å²) in [6.45, 7) is 2.35. The molecule has 0 bridgehead atoms. The molecule has 116 valence electrons. The molecule has 22 heavy (non-hydrogen) atoms. The molecule has 0 radical (unpaired) electrons. The highest BCUT2D eigenvalue weighted by molar-refractivity contribution is 7.13. The van der Waals surface area contributed by atoms with Gasteiger partial charge >= 0.3 is 0 Å². The summed E-state index contributed by atoms with van der Waals surface area (Å²) in [5.74, 6) is -0.0776. The van der Waals surface area contributed by atoms with E-state index in [1.54, 1.807) is 10.3 Å². The first-order valence-corrected chi connectivity index (χ1v) is 8.79. The van der Waals surface area contributed by atoms with Gasteiger partial charge in [0.05, 0.1) is 5.56 Å². The number of carbonyl (C=O) groups excluding carboxylic acids is 2. The zero-order chi connectivity index (χ0) is 15.5. The average Bonchev–Trinajstić information content (AvgIpc) is 3.13. The number of anilines is 1. The van der Waals surface area contributed by atoms with Crippen molar-refractivity contribution >= 4 is 39.6 Å². The van der Waals surface area contributed by atoms with E-state index in [2.05, 4.69) is 4.98 Å². The highest BCUT2D eigenvalue weighted by Crippen LogP contribution is 2.16. The highest BCUT2D eigenvalue weighted by Gasteiger charge is 2.24. The van der Waals surface area contributed by atoms with Crippen LogP contribution in [0.1, 0.15) is 27.3 Å². The number of aromatic nitrogens is 1. The fraction of sp³-hybridized carbons (Fsp3) is 0.357. The van der Waals surface area contributed by atoms with Crippen molar-refractivity contribution < 1.29 is 9.59 Å². The van der Waals surface area contributed by atoms with Crippen molar-refractivity contribution in [3.63, 3.8) is 0 Å². The van der Waals surface area contributed by atoms with Crippen LogP contribution in [0, 0.1) is 0 Å². The van der Waals surface area contributed by atoms with Crippen LogP contribution < -0.4 is 5.73 Å². The largest absolute Gasteiger partial charge is 0.375 e. The summed E-state index contributed by atoms with van der Waals surface area (Å²) in [6.07, 6.45) is 0.765. The summed E-state index contributed by atoms with van der Waals surface area (Å²) in [5, 5.41) is 5.82. The third-order valence-electron chi connectivity index (χ3n) is 3.58. The number of nitrogens with zero attached hydrogens (tertiary/aromatic N) is 3. The zero-order valence-corrected chi connectivity index (χ0v) is 13.5. The molecule has 2 aromatic rings. The van der Waals surface area contributed by atoms with Gasteiger partial charge < -0.3 is 15.5 Å². The molecule has 0 aromatic carbocycles. The number of carbonyl (C=O) groups is 2. The second kappa shape index (κ2) is 6.45. The molecule has 0 saturated carbocycles. The van der Waals surface area contributed by atoms with Gasteiger partial charge in [0.15, 0.2) is 5.13 Å². The first-order chi connectivity index (χ1) is 10.6. The number of thiophene rings is 1. The summed E-state index contributed by atoms with van der Waals surface area (Å²) in [7, 11) is 0. The second-order valence-corrected chi connectivity index (χ2v) is 6.69. The Hall–Kier alpha value is -1.93. The summed E-state index contributed by atoms with van der Waals surface area (Å²) >= 11 is 2.77. The van der Waals surface area contributed by atoms with Gasteiger partial charge in [-0.05, 0) is 17.9 Å². The lowest BCUT2D eigenvalue weighted by atomic mass is 10.3. The molecule has 3 heterocycles. The van der Waals surface area contributed by atoms with Crippen LogP contribution in [-0.2, 0) is 0 Å². The Kier molecular flexibility index (Phi) is 4.39. The molecular weight excluding hydrogens is 320 g/mol. The highest BCUT2D eigenvalue weighted by atomic mass is 32.1. The van der Waals surface area contributed by atoms with Gasteiger partial charge in [0.1, 0.15) is 5.69 Å². The second-order valence-electron chi connectivity index (χ2n) is 5.02. The molecule has 0 aliphatic carbocycles. The number of hydrogen-bond acceptors (Lipinski definition) is 6. The number of hydrogen-bond donors (Lipinski definition) is 1. The van der Waals surface area contributed by atoms with E-state index in [1.165, 1.54) is 22.7 Å². The van der Waals surface area contributed by atoms with Gasteiger partial charge in [-0.2, -0.15) is 11.3 Å². The molecular formula is C14H16N4O2S2. The Morgan fingerprint density at radius 1 is 1.09 bits per heavy atom. The molecule has 0 spiro atoms. The van der Waals surface area contributed by atoms with E-state index in [0.717, 1.165) is 12.0 Å².